The topological polar surface area (TPSA) is 99.6 Å². The molecule has 9 nitrogen and oxygen atoms in total. The zero-order chi connectivity index (χ0) is 42.3. The molecular weight excluding hydrogens is 727 g/mol. The quantitative estimate of drug-likeness (QED) is 0.0283. The second-order valence-electron chi connectivity index (χ2n) is 17.6. The van der Waals surface area contributed by atoms with E-state index in [1.165, 1.54) is 125 Å². The molecule has 0 radical (unpaired) electrons. The molecule has 1 N–H and O–H groups in total. The number of imide groups is 1. The third kappa shape index (κ3) is 31.2. The maximum atomic E-state index is 12.8. The van der Waals surface area contributed by atoms with Crippen LogP contribution in [0.4, 0.5) is 4.79 Å². The summed E-state index contributed by atoms with van der Waals surface area (Å²) >= 11 is 0. The summed E-state index contributed by atoms with van der Waals surface area (Å²) in [5.41, 5.74) is 0. The van der Waals surface area contributed by atoms with E-state index in [-0.39, 0.29) is 30.6 Å². The molecule has 58 heavy (non-hydrogen) atoms. The Kier molecular flexibility index (Phi) is 36.9. The van der Waals surface area contributed by atoms with Crippen LogP contribution in [0, 0.1) is 0 Å². The van der Waals surface area contributed by atoms with E-state index >= 15 is 0 Å². The molecule has 9 heteroatoms. The van der Waals surface area contributed by atoms with Crippen molar-refractivity contribution in [3.8, 4) is 0 Å². The molecule has 1 heterocycles. The monoisotopic (exact) mass is 822 g/mol. The Hall–Kier alpha value is -1.71. The summed E-state index contributed by atoms with van der Waals surface area (Å²) in [5.74, 6) is -0.0972. The fourth-order valence-electron chi connectivity index (χ4n) is 8.17. The molecule has 0 aromatic rings. The fraction of sp³-hybridized carbons (Fsp3) is 0.939. The Morgan fingerprint density at radius 3 is 1.52 bits per heavy atom. The van der Waals surface area contributed by atoms with Crippen LogP contribution in [0.1, 0.15) is 239 Å². The second-order valence-corrected chi connectivity index (χ2v) is 17.6. The third-order valence-electron chi connectivity index (χ3n) is 12.0. The van der Waals surface area contributed by atoms with Gasteiger partial charge in [0, 0.05) is 26.6 Å². The second kappa shape index (κ2) is 39.4. The number of urea groups is 1. The number of unbranched alkanes of at least 4 members (excludes halogenated alkanes) is 24. The fourth-order valence-corrected chi connectivity index (χ4v) is 8.17. The Labute approximate surface area is 358 Å². The van der Waals surface area contributed by atoms with E-state index in [9.17, 15) is 19.5 Å². The minimum atomic E-state index is -0.634. The van der Waals surface area contributed by atoms with Crippen LogP contribution >= 0.6 is 0 Å². The van der Waals surface area contributed by atoms with Crippen molar-refractivity contribution in [2.24, 2.45) is 0 Å². The van der Waals surface area contributed by atoms with Gasteiger partial charge in [0.2, 0.25) is 5.91 Å². The minimum absolute atomic E-state index is 0.00221. The molecule has 0 aromatic carbocycles. The average Bonchev–Trinajstić information content (AvgIpc) is 3.45. The zero-order valence-electron chi connectivity index (χ0n) is 38.8. The van der Waals surface area contributed by atoms with Crippen LogP contribution in [0.25, 0.3) is 0 Å². The molecule has 3 amide bonds. The van der Waals surface area contributed by atoms with Gasteiger partial charge in [-0.3, -0.25) is 14.5 Å². The number of likely N-dealkylation sites (N-methyl/N-ethyl adjacent to an activating group) is 1. The van der Waals surface area contributed by atoms with Gasteiger partial charge in [0.1, 0.15) is 12.6 Å². The van der Waals surface area contributed by atoms with Crippen LogP contribution in [0.15, 0.2) is 0 Å². The average molecular weight is 822 g/mol. The van der Waals surface area contributed by atoms with Crippen molar-refractivity contribution in [2.75, 3.05) is 46.4 Å². The van der Waals surface area contributed by atoms with Crippen molar-refractivity contribution in [1.82, 2.24) is 14.7 Å². The minimum Gasteiger partial charge on any atom is -0.462 e. The number of rotatable bonds is 44. The van der Waals surface area contributed by atoms with E-state index in [0.29, 0.717) is 26.0 Å². The van der Waals surface area contributed by atoms with Crippen molar-refractivity contribution in [3.05, 3.63) is 0 Å². The lowest BCUT2D eigenvalue weighted by Crippen LogP contribution is -2.35. The normalized spacial score (nSPS) is 13.8. The highest BCUT2D eigenvalue weighted by Crippen LogP contribution is 2.19. The molecule has 0 aliphatic carbocycles. The first kappa shape index (κ1) is 54.3. The largest absolute Gasteiger partial charge is 0.462 e. The number of esters is 1. The molecule has 1 saturated heterocycles. The van der Waals surface area contributed by atoms with Gasteiger partial charge in [0.05, 0.1) is 0 Å². The number of aliphatic hydroxyl groups excluding tert-OH is 1. The summed E-state index contributed by atoms with van der Waals surface area (Å²) in [6.07, 6.45) is 38.4. The van der Waals surface area contributed by atoms with Crippen LogP contribution < -0.4 is 0 Å². The van der Waals surface area contributed by atoms with Crippen molar-refractivity contribution in [2.45, 2.75) is 251 Å². The van der Waals surface area contributed by atoms with Gasteiger partial charge in [0.15, 0.2) is 6.29 Å². The molecule has 1 atom stereocenters. The predicted molar refractivity (Wildman–Crippen MR) is 242 cm³/mol. The van der Waals surface area contributed by atoms with Crippen molar-refractivity contribution in [3.63, 3.8) is 0 Å². The molecule has 1 rings (SSSR count). The van der Waals surface area contributed by atoms with Gasteiger partial charge in [-0.2, -0.15) is 0 Å². The Balaban J connectivity index is 2.34. The van der Waals surface area contributed by atoms with Crippen LogP contribution in [0.5, 0.6) is 0 Å². The number of hydrogen-bond donors (Lipinski definition) is 1. The Bertz CT molecular complexity index is 951. The zero-order valence-corrected chi connectivity index (χ0v) is 38.8. The van der Waals surface area contributed by atoms with Gasteiger partial charge >= 0.3 is 12.0 Å². The first-order valence-electron chi connectivity index (χ1n) is 25.1. The Morgan fingerprint density at radius 2 is 1.02 bits per heavy atom. The molecule has 0 bridgehead atoms. The number of nitrogens with zero attached hydrogens (tertiary/aromatic N) is 3. The van der Waals surface area contributed by atoms with Gasteiger partial charge in [-0.25, -0.2) is 4.79 Å². The Morgan fingerprint density at radius 1 is 0.586 bits per heavy atom. The molecule has 1 aliphatic rings. The number of amides is 3. The molecule has 1 unspecified atom stereocenters. The van der Waals surface area contributed by atoms with E-state index in [2.05, 4.69) is 25.7 Å². The lowest BCUT2D eigenvalue weighted by Gasteiger charge is -2.23. The predicted octanol–water partition coefficient (Wildman–Crippen LogP) is 12.8. The van der Waals surface area contributed by atoms with Gasteiger partial charge < -0.3 is 24.4 Å². The van der Waals surface area contributed by atoms with E-state index in [0.717, 1.165) is 110 Å². The number of ether oxygens (including phenoxy) is 2. The lowest BCUT2D eigenvalue weighted by molar-refractivity contribution is -0.150. The molecule has 0 aromatic heterocycles. The summed E-state index contributed by atoms with van der Waals surface area (Å²) in [6, 6.07) is -0.181. The highest BCUT2D eigenvalue weighted by atomic mass is 16.6. The molecule has 0 saturated carbocycles. The molecule has 342 valence electrons. The van der Waals surface area contributed by atoms with Crippen LogP contribution in [-0.4, -0.2) is 96.5 Å². The third-order valence-corrected chi connectivity index (χ3v) is 12.0. The van der Waals surface area contributed by atoms with Crippen molar-refractivity contribution >= 4 is 17.9 Å². The van der Waals surface area contributed by atoms with Crippen LogP contribution in [0.3, 0.4) is 0 Å². The smallest absolute Gasteiger partial charge is 0.326 e. The maximum Gasteiger partial charge on any atom is 0.326 e. The maximum absolute atomic E-state index is 12.8. The van der Waals surface area contributed by atoms with Gasteiger partial charge in [-0.15, -0.1) is 0 Å². The first-order chi connectivity index (χ1) is 28.3. The highest BCUT2D eigenvalue weighted by Gasteiger charge is 2.32. The van der Waals surface area contributed by atoms with Crippen molar-refractivity contribution in [1.29, 1.82) is 0 Å². The number of hydrogen-bond acceptors (Lipinski definition) is 7. The van der Waals surface area contributed by atoms with Gasteiger partial charge in [0.25, 0.3) is 0 Å². The molecular formula is C49H95N3O6. The van der Waals surface area contributed by atoms with Crippen LogP contribution in [-0.2, 0) is 19.1 Å². The summed E-state index contributed by atoms with van der Waals surface area (Å²) < 4.78 is 11.7. The molecule has 0 spiro atoms. The van der Waals surface area contributed by atoms with Crippen molar-refractivity contribution < 1.29 is 29.0 Å². The first-order valence-corrected chi connectivity index (χ1v) is 25.1. The van der Waals surface area contributed by atoms with Crippen LogP contribution in [0.2, 0.25) is 0 Å². The highest BCUT2D eigenvalue weighted by molar-refractivity contribution is 6.01. The lowest BCUT2D eigenvalue weighted by atomic mass is 10.0. The van der Waals surface area contributed by atoms with E-state index in [1.54, 1.807) is 7.05 Å². The standard InChI is InChI=1S/C49H95N3O6/c1-5-8-11-14-17-26-33-43-57-47(54)37-29-22-18-24-31-39-51(41-34-42-52-46(53)44-50(4)49(52)56)40-32-25-19-23-30-38-48(55)58-45(35-27-20-15-12-9-6-2)36-28-21-16-13-10-7-3/h45,47,54H,5-44H2,1-4H3. The molecule has 1 aliphatic heterocycles. The number of carbonyl (C=O) groups excluding carboxylic acids is 3. The molecule has 1 fully saturated rings. The number of carbonyl (C=O) groups is 3. The summed E-state index contributed by atoms with van der Waals surface area (Å²) in [7, 11) is 1.69. The van der Waals surface area contributed by atoms with E-state index < -0.39 is 6.29 Å². The summed E-state index contributed by atoms with van der Waals surface area (Å²) in [4.78, 5) is 42.9. The van der Waals surface area contributed by atoms with Gasteiger partial charge in [-0.1, -0.05) is 162 Å². The summed E-state index contributed by atoms with van der Waals surface area (Å²) in [6.45, 7) is 11.0. The van der Waals surface area contributed by atoms with Gasteiger partial charge in [-0.05, 0) is 90.3 Å². The summed E-state index contributed by atoms with van der Waals surface area (Å²) in [5, 5.41) is 10.2. The number of aliphatic hydroxyl groups is 1. The van der Waals surface area contributed by atoms with E-state index in [1.807, 2.05) is 0 Å². The van der Waals surface area contributed by atoms with E-state index in [4.69, 9.17) is 9.47 Å². The SMILES string of the molecule is CCCCCCCCCOC(O)CCCCCCCN(CCCCCCCC(=O)OC(CCCCCCCC)CCCCCCCC)CCCN1C(=O)CN(C)C1=O.